The molecule has 1 aromatic carbocycles. The largest absolute Gasteiger partial charge is 0.492 e. The van der Waals surface area contributed by atoms with Crippen LogP contribution in [0.25, 0.3) is 0 Å². The van der Waals surface area contributed by atoms with Gasteiger partial charge in [0.15, 0.2) is 0 Å². The molecule has 0 fully saturated rings. The van der Waals surface area contributed by atoms with E-state index in [9.17, 15) is 0 Å². The minimum Gasteiger partial charge on any atom is -0.492 e. The van der Waals surface area contributed by atoms with E-state index in [4.69, 9.17) is 21.5 Å². The second kappa shape index (κ2) is 5.22. The van der Waals surface area contributed by atoms with Crippen LogP contribution in [0.5, 0.6) is 5.75 Å². The lowest BCUT2D eigenvalue weighted by Crippen LogP contribution is -1.97. The van der Waals surface area contributed by atoms with Gasteiger partial charge in [-0.15, -0.1) is 0 Å². The molecule has 0 aliphatic carbocycles. The van der Waals surface area contributed by atoms with Crippen molar-refractivity contribution in [1.29, 1.82) is 0 Å². The van der Waals surface area contributed by atoms with Crippen LogP contribution in [0.3, 0.4) is 0 Å². The summed E-state index contributed by atoms with van der Waals surface area (Å²) in [6.45, 7) is 2.41. The molecule has 1 aromatic rings. The summed E-state index contributed by atoms with van der Waals surface area (Å²) >= 11 is 9.15. The highest BCUT2D eigenvalue weighted by molar-refractivity contribution is 9.10. The van der Waals surface area contributed by atoms with Gasteiger partial charge in [-0.2, -0.15) is 0 Å². The summed E-state index contributed by atoms with van der Waals surface area (Å²) in [4.78, 5) is 0. The Hall–Kier alpha value is -0.740. The number of nitrogens with zero attached hydrogens (tertiary/aromatic N) is 1. The van der Waals surface area contributed by atoms with E-state index < -0.39 is 0 Å². The predicted octanol–water partition coefficient (Wildman–Crippen LogP) is 3.31. The number of halogens is 2. The zero-order valence-electron chi connectivity index (χ0n) is 7.50. The lowest BCUT2D eigenvalue weighted by molar-refractivity contribution is 0.320. The molecule has 1 N–H and O–H groups in total. The Balaban J connectivity index is 3.21. The van der Waals surface area contributed by atoms with Crippen LogP contribution in [-0.4, -0.2) is 18.0 Å². The second-order valence-corrected chi connectivity index (χ2v) is 3.77. The molecule has 0 unspecified atom stereocenters. The highest BCUT2D eigenvalue weighted by atomic mass is 79.9. The van der Waals surface area contributed by atoms with Crippen molar-refractivity contribution in [1.82, 2.24) is 0 Å². The fourth-order valence-corrected chi connectivity index (χ4v) is 1.98. The van der Waals surface area contributed by atoms with E-state index in [2.05, 4.69) is 21.1 Å². The average molecular weight is 279 g/mol. The Morgan fingerprint density at radius 1 is 1.64 bits per heavy atom. The molecule has 0 aliphatic heterocycles. The van der Waals surface area contributed by atoms with Crippen LogP contribution in [0, 0.1) is 0 Å². The van der Waals surface area contributed by atoms with E-state index in [1.54, 1.807) is 12.1 Å². The molecular weight excluding hydrogens is 269 g/mol. The van der Waals surface area contributed by atoms with Gasteiger partial charge in [0.25, 0.3) is 0 Å². The normalized spacial score (nSPS) is 10.8. The molecule has 0 radical (unpaired) electrons. The van der Waals surface area contributed by atoms with Gasteiger partial charge in [0.2, 0.25) is 0 Å². The Kier molecular flexibility index (Phi) is 4.22. The molecule has 14 heavy (non-hydrogen) atoms. The Morgan fingerprint density at radius 2 is 2.36 bits per heavy atom. The zero-order chi connectivity index (χ0) is 10.6. The van der Waals surface area contributed by atoms with Gasteiger partial charge in [-0.05, 0) is 35.0 Å². The molecule has 0 saturated carbocycles. The number of oxime groups is 1. The highest BCUT2D eigenvalue weighted by Gasteiger charge is 2.08. The van der Waals surface area contributed by atoms with E-state index >= 15 is 0 Å². The summed E-state index contributed by atoms with van der Waals surface area (Å²) in [6, 6.07) is 3.39. The van der Waals surface area contributed by atoms with E-state index in [0.717, 1.165) is 4.47 Å². The lowest BCUT2D eigenvalue weighted by atomic mass is 10.2. The van der Waals surface area contributed by atoms with Gasteiger partial charge in [-0.3, -0.25) is 0 Å². The summed E-state index contributed by atoms with van der Waals surface area (Å²) < 4.78 is 6.11. The molecular formula is C9H9BrClNO2. The SMILES string of the molecule is CCOc1c(Br)cc(Cl)cc1/C=N/O. The Labute approximate surface area is 95.5 Å². The quantitative estimate of drug-likeness (QED) is 0.523. The smallest absolute Gasteiger partial charge is 0.142 e. The monoisotopic (exact) mass is 277 g/mol. The molecule has 0 saturated heterocycles. The number of benzene rings is 1. The van der Waals surface area contributed by atoms with Gasteiger partial charge < -0.3 is 9.94 Å². The van der Waals surface area contributed by atoms with Crippen molar-refractivity contribution in [2.24, 2.45) is 5.16 Å². The fourth-order valence-electron chi connectivity index (χ4n) is 1.03. The first-order valence-electron chi connectivity index (χ1n) is 3.98. The molecule has 0 aromatic heterocycles. The van der Waals surface area contributed by atoms with Gasteiger partial charge in [-0.1, -0.05) is 16.8 Å². The third kappa shape index (κ3) is 2.62. The van der Waals surface area contributed by atoms with Gasteiger partial charge in [0, 0.05) is 10.6 Å². The highest BCUT2D eigenvalue weighted by Crippen LogP contribution is 2.31. The molecule has 0 spiro atoms. The number of rotatable bonds is 3. The predicted molar refractivity (Wildman–Crippen MR) is 59.7 cm³/mol. The number of hydrogen-bond donors (Lipinski definition) is 1. The maximum Gasteiger partial charge on any atom is 0.142 e. The van der Waals surface area contributed by atoms with E-state index in [1.807, 2.05) is 6.92 Å². The maximum absolute atomic E-state index is 8.45. The van der Waals surface area contributed by atoms with Gasteiger partial charge in [-0.25, -0.2) is 0 Å². The lowest BCUT2D eigenvalue weighted by Gasteiger charge is -2.09. The summed E-state index contributed by atoms with van der Waals surface area (Å²) in [6.07, 6.45) is 1.28. The zero-order valence-corrected chi connectivity index (χ0v) is 9.84. The van der Waals surface area contributed by atoms with E-state index in [-0.39, 0.29) is 0 Å². The molecule has 0 heterocycles. The van der Waals surface area contributed by atoms with Crippen LogP contribution in [0.1, 0.15) is 12.5 Å². The standard InChI is InChI=1S/C9H9BrClNO2/c1-2-14-9-6(5-12-13)3-7(11)4-8(9)10/h3-5,13H,2H2,1H3/b12-5+. The molecule has 5 heteroatoms. The van der Waals surface area contributed by atoms with Crippen molar-refractivity contribution < 1.29 is 9.94 Å². The van der Waals surface area contributed by atoms with Gasteiger partial charge in [0.05, 0.1) is 17.3 Å². The van der Waals surface area contributed by atoms with Crippen LogP contribution in [-0.2, 0) is 0 Å². The van der Waals surface area contributed by atoms with E-state index in [1.165, 1.54) is 6.21 Å². The molecule has 1 rings (SSSR count). The first-order chi connectivity index (χ1) is 6.69. The van der Waals surface area contributed by atoms with Crippen molar-refractivity contribution in [3.8, 4) is 5.75 Å². The molecule has 0 aliphatic rings. The van der Waals surface area contributed by atoms with Crippen LogP contribution in [0.4, 0.5) is 0 Å². The molecule has 76 valence electrons. The third-order valence-corrected chi connectivity index (χ3v) is 2.33. The topological polar surface area (TPSA) is 41.8 Å². The molecule has 0 amide bonds. The first kappa shape index (κ1) is 11.3. The van der Waals surface area contributed by atoms with Gasteiger partial charge >= 0.3 is 0 Å². The Bertz CT molecular complexity index is 355. The number of ether oxygens (including phenoxy) is 1. The van der Waals surface area contributed by atoms with Crippen LogP contribution in [0.2, 0.25) is 5.02 Å². The maximum atomic E-state index is 8.45. The minimum atomic E-state index is 0.534. The van der Waals surface area contributed by atoms with Crippen molar-refractivity contribution in [2.75, 3.05) is 6.61 Å². The number of hydrogen-bond acceptors (Lipinski definition) is 3. The molecule has 0 atom stereocenters. The van der Waals surface area contributed by atoms with Crippen molar-refractivity contribution in [2.45, 2.75) is 6.92 Å². The van der Waals surface area contributed by atoms with Crippen LogP contribution in [0.15, 0.2) is 21.8 Å². The summed E-state index contributed by atoms with van der Waals surface area (Å²) in [5, 5.41) is 11.9. The summed E-state index contributed by atoms with van der Waals surface area (Å²) in [5.74, 6) is 0.620. The Morgan fingerprint density at radius 3 is 2.93 bits per heavy atom. The van der Waals surface area contributed by atoms with Crippen LogP contribution >= 0.6 is 27.5 Å². The molecule has 0 bridgehead atoms. The first-order valence-corrected chi connectivity index (χ1v) is 5.15. The average Bonchev–Trinajstić information content (AvgIpc) is 2.11. The summed E-state index contributed by atoms with van der Waals surface area (Å²) in [7, 11) is 0. The summed E-state index contributed by atoms with van der Waals surface area (Å²) in [5.41, 5.74) is 0.633. The second-order valence-electron chi connectivity index (χ2n) is 2.48. The molecule has 3 nitrogen and oxygen atoms in total. The van der Waals surface area contributed by atoms with Gasteiger partial charge in [0.1, 0.15) is 5.75 Å². The van der Waals surface area contributed by atoms with Crippen molar-refractivity contribution in [3.63, 3.8) is 0 Å². The van der Waals surface area contributed by atoms with Crippen molar-refractivity contribution in [3.05, 3.63) is 27.2 Å². The fraction of sp³-hybridized carbons (Fsp3) is 0.222. The third-order valence-electron chi connectivity index (χ3n) is 1.52. The minimum absolute atomic E-state index is 0.534. The van der Waals surface area contributed by atoms with Crippen LogP contribution < -0.4 is 4.74 Å². The van der Waals surface area contributed by atoms with Crippen molar-refractivity contribution >= 4 is 33.7 Å². The van der Waals surface area contributed by atoms with E-state index in [0.29, 0.717) is 22.9 Å².